The van der Waals surface area contributed by atoms with E-state index in [1.165, 1.54) is 0 Å². The van der Waals surface area contributed by atoms with E-state index in [0.717, 1.165) is 13.2 Å². The molecule has 0 aliphatic carbocycles. The van der Waals surface area contributed by atoms with Gasteiger partial charge in [-0.25, -0.2) is 0 Å². The van der Waals surface area contributed by atoms with Crippen LogP contribution in [0, 0.1) is 0 Å². The van der Waals surface area contributed by atoms with Gasteiger partial charge in [0.15, 0.2) is 18.0 Å². The highest BCUT2D eigenvalue weighted by Gasteiger charge is 2.44. The van der Waals surface area contributed by atoms with Crippen LogP contribution in [-0.2, 0) is 42.9 Å². The molecule has 0 bridgehead atoms. The average Bonchev–Trinajstić information content (AvgIpc) is 2.62. The molecule has 3 atom stereocenters. The van der Waals surface area contributed by atoms with Crippen molar-refractivity contribution in [3.05, 3.63) is 12.0 Å². The lowest BCUT2D eigenvalue weighted by atomic mass is 10.0. The Morgan fingerprint density at radius 2 is 1.74 bits per heavy atom. The highest BCUT2D eigenvalue weighted by Crippen LogP contribution is 2.26. The molecule has 1 aliphatic heterocycles. The maximum atomic E-state index is 11.5. The Labute approximate surface area is 136 Å². The van der Waals surface area contributed by atoms with Crippen LogP contribution >= 0.6 is 0 Å². The highest BCUT2D eigenvalue weighted by atomic mass is 16.6. The van der Waals surface area contributed by atoms with Crippen LogP contribution in [0.15, 0.2) is 12.0 Å². The van der Waals surface area contributed by atoms with Crippen molar-refractivity contribution in [2.75, 3.05) is 6.61 Å². The van der Waals surface area contributed by atoms with Gasteiger partial charge in [0.1, 0.15) is 12.9 Å². The summed E-state index contributed by atoms with van der Waals surface area (Å²) in [6.45, 7) is -1.51. The van der Waals surface area contributed by atoms with E-state index >= 15 is 0 Å². The molecule has 0 spiro atoms. The van der Waals surface area contributed by atoms with Gasteiger partial charge in [-0.2, -0.15) is 0 Å². The van der Waals surface area contributed by atoms with Gasteiger partial charge in [0, 0.05) is 31.7 Å². The zero-order valence-electron chi connectivity index (χ0n) is 15.3. The molecule has 1 heterocycles. The van der Waals surface area contributed by atoms with E-state index in [9.17, 15) is 19.2 Å². The first-order valence-corrected chi connectivity index (χ1v) is 6.28. The van der Waals surface area contributed by atoms with Crippen LogP contribution < -0.4 is 0 Å². The Balaban J connectivity index is 3.10. The number of hydrogen-bond donors (Lipinski definition) is 0. The minimum Gasteiger partial charge on any atom is -0.487 e. The van der Waals surface area contributed by atoms with Crippen molar-refractivity contribution < 1.29 is 47.0 Å². The molecule has 0 amide bonds. The van der Waals surface area contributed by atoms with Gasteiger partial charge in [0.25, 0.3) is 0 Å². The van der Waals surface area contributed by atoms with E-state index < -0.39 is 69.5 Å². The SMILES string of the molecule is [2H]CC(=O)OC[C@H]1OC=C(OC(C)=O)[C@@H](OC(=O)C[2H])[C@@H]1OC(=O)C[2H]. The number of carbonyl (C=O) groups excluding carboxylic acids is 4. The van der Waals surface area contributed by atoms with Gasteiger partial charge >= 0.3 is 23.9 Å². The van der Waals surface area contributed by atoms with Crippen molar-refractivity contribution in [3.8, 4) is 0 Å². The minimum absolute atomic E-state index is 0.287. The van der Waals surface area contributed by atoms with Crippen molar-refractivity contribution in [3.63, 3.8) is 0 Å². The van der Waals surface area contributed by atoms with Crippen molar-refractivity contribution >= 4 is 23.9 Å². The molecule has 0 saturated heterocycles. The smallest absolute Gasteiger partial charge is 0.307 e. The molecule has 9 heteroatoms. The number of rotatable bonds is 5. The molecule has 0 aromatic carbocycles. The standard InChI is InChI=1S/C14H18O9/c1-7(15)19-5-11-13(22-9(3)17)14(23-10(4)18)12(6-20-11)21-8(2)16/h6,11,13-14H,5H2,1-4H3/t11-,13-,14-/m1/s1/i1D,3D,4D. The first kappa shape index (κ1) is 14.0. The van der Waals surface area contributed by atoms with Crippen LogP contribution in [0.1, 0.15) is 31.7 Å². The Hall–Kier alpha value is -2.58. The molecule has 1 rings (SSSR count). The fourth-order valence-corrected chi connectivity index (χ4v) is 1.77. The van der Waals surface area contributed by atoms with Crippen LogP contribution in [0.2, 0.25) is 0 Å². The molecule has 0 radical (unpaired) electrons. The second kappa shape index (κ2) is 8.16. The summed E-state index contributed by atoms with van der Waals surface area (Å²) in [5.74, 6) is -3.91. The fourth-order valence-electron chi connectivity index (χ4n) is 1.77. The van der Waals surface area contributed by atoms with Crippen molar-refractivity contribution in [2.45, 2.75) is 45.9 Å². The summed E-state index contributed by atoms with van der Waals surface area (Å²) in [5, 5.41) is 0. The Morgan fingerprint density at radius 1 is 1.09 bits per heavy atom. The maximum Gasteiger partial charge on any atom is 0.307 e. The second-order valence-corrected chi connectivity index (χ2v) is 4.34. The number of carbonyl (C=O) groups is 4. The lowest BCUT2D eigenvalue weighted by Crippen LogP contribution is -2.50. The predicted molar refractivity (Wildman–Crippen MR) is 72.5 cm³/mol. The van der Waals surface area contributed by atoms with E-state index in [1.54, 1.807) is 0 Å². The summed E-state index contributed by atoms with van der Waals surface area (Å²) in [5.41, 5.74) is 0. The highest BCUT2D eigenvalue weighted by molar-refractivity contribution is 5.69. The lowest BCUT2D eigenvalue weighted by molar-refractivity contribution is -0.186. The summed E-state index contributed by atoms with van der Waals surface area (Å²) in [4.78, 5) is 45.4. The first-order valence-electron chi connectivity index (χ1n) is 8.40. The lowest BCUT2D eigenvalue weighted by Gasteiger charge is -2.35. The van der Waals surface area contributed by atoms with Crippen LogP contribution in [0.4, 0.5) is 0 Å². The number of hydrogen-bond acceptors (Lipinski definition) is 9. The van der Waals surface area contributed by atoms with E-state index in [2.05, 4.69) is 0 Å². The summed E-state index contributed by atoms with van der Waals surface area (Å²) >= 11 is 0. The molecule has 0 unspecified atom stereocenters. The van der Waals surface area contributed by atoms with Crippen LogP contribution in [0.25, 0.3) is 0 Å². The predicted octanol–water partition coefficient (Wildman–Crippen LogP) is 0.216. The van der Waals surface area contributed by atoms with Crippen molar-refractivity contribution in [2.24, 2.45) is 0 Å². The van der Waals surface area contributed by atoms with Crippen LogP contribution in [0.3, 0.4) is 0 Å². The third-order valence-electron chi connectivity index (χ3n) is 2.50. The minimum atomic E-state index is -1.44. The third-order valence-corrected chi connectivity index (χ3v) is 2.50. The molecule has 0 saturated carbocycles. The normalized spacial score (nSPS) is 24.7. The summed E-state index contributed by atoms with van der Waals surface area (Å²) in [6, 6.07) is 0. The molecule has 0 N–H and O–H groups in total. The zero-order valence-corrected chi connectivity index (χ0v) is 12.3. The fraction of sp³-hybridized carbons (Fsp3) is 0.571. The van der Waals surface area contributed by atoms with Gasteiger partial charge in [-0.15, -0.1) is 0 Å². The summed E-state index contributed by atoms with van der Waals surface area (Å²) < 4.78 is 45.9. The monoisotopic (exact) mass is 333 g/mol. The molecule has 1 aliphatic rings. The second-order valence-electron chi connectivity index (χ2n) is 4.34. The molecule has 9 nitrogen and oxygen atoms in total. The van der Waals surface area contributed by atoms with E-state index in [1.807, 2.05) is 0 Å². The third kappa shape index (κ3) is 5.97. The molecular weight excluding hydrogens is 312 g/mol. The Kier molecular flexibility index (Phi) is 4.98. The first-order chi connectivity index (χ1) is 12.3. The van der Waals surface area contributed by atoms with Crippen molar-refractivity contribution in [1.82, 2.24) is 0 Å². The average molecular weight is 333 g/mol. The number of esters is 4. The molecule has 128 valence electrons. The van der Waals surface area contributed by atoms with E-state index in [4.69, 9.17) is 27.8 Å². The van der Waals surface area contributed by atoms with E-state index in [-0.39, 0.29) is 5.76 Å². The Bertz CT molecular complexity index is 578. The largest absolute Gasteiger partial charge is 0.487 e. The van der Waals surface area contributed by atoms with Gasteiger partial charge in [-0.05, 0) is 0 Å². The van der Waals surface area contributed by atoms with E-state index in [0.29, 0.717) is 0 Å². The maximum absolute atomic E-state index is 11.5. The van der Waals surface area contributed by atoms with Crippen LogP contribution in [-0.4, -0.2) is 48.8 Å². The van der Waals surface area contributed by atoms with Crippen LogP contribution in [0.5, 0.6) is 0 Å². The molecule has 0 aromatic rings. The summed E-state index contributed by atoms with van der Waals surface area (Å²) in [6.07, 6.45) is -3.06. The zero-order chi connectivity index (χ0) is 19.7. The van der Waals surface area contributed by atoms with Gasteiger partial charge in [-0.3, -0.25) is 19.2 Å². The van der Waals surface area contributed by atoms with Gasteiger partial charge in [0.05, 0.1) is 0 Å². The molecule has 0 aromatic heterocycles. The molecular formula is C14H18O9. The van der Waals surface area contributed by atoms with Gasteiger partial charge < -0.3 is 23.7 Å². The topological polar surface area (TPSA) is 114 Å². The molecule has 23 heavy (non-hydrogen) atoms. The molecule has 0 fully saturated rings. The quantitative estimate of drug-likeness (QED) is 0.514. The Morgan fingerprint density at radius 3 is 2.35 bits per heavy atom. The number of ether oxygens (including phenoxy) is 5. The summed E-state index contributed by atoms with van der Waals surface area (Å²) in [7, 11) is 0. The van der Waals surface area contributed by atoms with Gasteiger partial charge in [0.2, 0.25) is 6.10 Å². The van der Waals surface area contributed by atoms with Gasteiger partial charge in [-0.1, -0.05) is 0 Å². The van der Waals surface area contributed by atoms with Crippen molar-refractivity contribution in [1.29, 1.82) is 0 Å².